The molecule has 168 valence electrons. The zero-order valence-electron chi connectivity index (χ0n) is 17.7. The average molecular weight is 422 g/mol. The lowest BCUT2D eigenvalue weighted by molar-refractivity contribution is -0.374. The number of ether oxygens (including phenoxy) is 1. The third kappa shape index (κ3) is 6.00. The summed E-state index contributed by atoms with van der Waals surface area (Å²) >= 11 is 0. The highest BCUT2D eigenvalue weighted by Crippen LogP contribution is 2.49. The van der Waals surface area contributed by atoms with E-state index in [1.165, 1.54) is 6.92 Å². The Labute approximate surface area is 162 Å². The predicted octanol–water partition coefficient (Wildman–Crippen LogP) is 6.04. The summed E-state index contributed by atoms with van der Waals surface area (Å²) in [7, 11) is 0. The van der Waals surface area contributed by atoms with Crippen LogP contribution in [0, 0.1) is 16.2 Å². The number of esters is 1. The van der Waals surface area contributed by atoms with Gasteiger partial charge in [-0.1, -0.05) is 48.5 Å². The SMILES string of the molecule is CCC(CC(O)(C(F)(F)F)C(F)(F)F)OC(=O)C(C)(CC(C)(C)C)C(C)(C)C. The molecule has 9 heteroatoms. The molecule has 3 nitrogen and oxygen atoms in total. The quantitative estimate of drug-likeness (QED) is 0.419. The van der Waals surface area contributed by atoms with E-state index in [0.717, 1.165) is 0 Å². The molecule has 0 radical (unpaired) electrons. The van der Waals surface area contributed by atoms with Crippen LogP contribution >= 0.6 is 0 Å². The second-order valence-corrected chi connectivity index (χ2v) is 9.82. The average Bonchev–Trinajstić information content (AvgIpc) is 2.40. The number of hydrogen-bond acceptors (Lipinski definition) is 3. The van der Waals surface area contributed by atoms with Gasteiger partial charge < -0.3 is 9.84 Å². The number of hydrogen-bond donors (Lipinski definition) is 1. The van der Waals surface area contributed by atoms with Gasteiger partial charge in [0.25, 0.3) is 5.60 Å². The van der Waals surface area contributed by atoms with E-state index in [0.29, 0.717) is 6.42 Å². The van der Waals surface area contributed by atoms with Crippen molar-refractivity contribution in [2.45, 2.75) is 98.7 Å². The van der Waals surface area contributed by atoms with E-state index < -0.39 is 47.3 Å². The molecule has 0 aliphatic carbocycles. The van der Waals surface area contributed by atoms with Crippen LogP contribution in [0.3, 0.4) is 0 Å². The molecule has 2 unspecified atom stereocenters. The molecule has 0 spiro atoms. The normalized spacial score (nSPS) is 17.8. The largest absolute Gasteiger partial charge is 0.462 e. The van der Waals surface area contributed by atoms with Crippen molar-refractivity contribution in [3.8, 4) is 0 Å². The van der Waals surface area contributed by atoms with Gasteiger partial charge in [0, 0.05) is 6.42 Å². The number of rotatable bonds is 6. The summed E-state index contributed by atoms with van der Waals surface area (Å²) in [4.78, 5) is 12.9. The van der Waals surface area contributed by atoms with Gasteiger partial charge >= 0.3 is 18.3 Å². The summed E-state index contributed by atoms with van der Waals surface area (Å²) in [6, 6.07) is 0. The third-order valence-corrected chi connectivity index (χ3v) is 5.18. The zero-order chi connectivity index (χ0) is 23.0. The molecule has 1 N–H and O–H groups in total. The van der Waals surface area contributed by atoms with Gasteiger partial charge in [0.1, 0.15) is 6.10 Å². The van der Waals surface area contributed by atoms with Crippen molar-refractivity contribution in [1.29, 1.82) is 0 Å². The van der Waals surface area contributed by atoms with Gasteiger partial charge in [-0.2, -0.15) is 26.3 Å². The van der Waals surface area contributed by atoms with E-state index in [9.17, 15) is 36.2 Å². The fraction of sp³-hybridized carbons (Fsp3) is 0.947. The van der Waals surface area contributed by atoms with E-state index in [1.807, 2.05) is 20.8 Å². The first-order valence-corrected chi connectivity index (χ1v) is 9.09. The van der Waals surface area contributed by atoms with Gasteiger partial charge in [-0.05, 0) is 30.6 Å². The van der Waals surface area contributed by atoms with Crippen LogP contribution in [-0.2, 0) is 9.53 Å². The van der Waals surface area contributed by atoms with Crippen LogP contribution < -0.4 is 0 Å². The maximum Gasteiger partial charge on any atom is 0.426 e. The van der Waals surface area contributed by atoms with Gasteiger partial charge in [-0.3, -0.25) is 4.79 Å². The van der Waals surface area contributed by atoms with Crippen molar-refractivity contribution in [2.75, 3.05) is 0 Å². The Morgan fingerprint density at radius 3 is 1.54 bits per heavy atom. The maximum absolute atomic E-state index is 13.0. The molecule has 0 aliphatic heterocycles. The predicted molar refractivity (Wildman–Crippen MR) is 93.5 cm³/mol. The number of carbonyl (C=O) groups is 1. The third-order valence-electron chi connectivity index (χ3n) is 5.18. The molecule has 0 aromatic heterocycles. The highest BCUT2D eigenvalue weighted by Gasteiger charge is 2.71. The van der Waals surface area contributed by atoms with Crippen molar-refractivity contribution in [3.05, 3.63) is 0 Å². The Balaban J connectivity index is 5.84. The molecule has 0 aromatic rings. The van der Waals surface area contributed by atoms with Gasteiger partial charge in [-0.25, -0.2) is 0 Å². The van der Waals surface area contributed by atoms with Crippen molar-refractivity contribution in [3.63, 3.8) is 0 Å². The number of carbonyl (C=O) groups excluding carboxylic acids is 1. The van der Waals surface area contributed by atoms with Crippen LogP contribution in [-0.4, -0.2) is 35.1 Å². The molecule has 0 bridgehead atoms. The lowest BCUT2D eigenvalue weighted by Crippen LogP contribution is -2.59. The molecule has 28 heavy (non-hydrogen) atoms. The molecule has 0 aliphatic rings. The lowest BCUT2D eigenvalue weighted by Gasteiger charge is -2.44. The van der Waals surface area contributed by atoms with Crippen LogP contribution in [0.25, 0.3) is 0 Å². The first kappa shape index (κ1) is 27.0. The van der Waals surface area contributed by atoms with Crippen molar-refractivity contribution >= 4 is 5.97 Å². The molecule has 0 fully saturated rings. The van der Waals surface area contributed by atoms with Crippen LogP contribution in [0.1, 0.15) is 74.7 Å². The molecule has 0 saturated heterocycles. The van der Waals surface area contributed by atoms with Crippen LogP contribution in [0.4, 0.5) is 26.3 Å². The Bertz CT molecular complexity index is 526. The number of halogens is 6. The number of aliphatic hydroxyl groups is 1. The van der Waals surface area contributed by atoms with Gasteiger partial charge in [0.2, 0.25) is 0 Å². The van der Waals surface area contributed by atoms with Crippen molar-refractivity contribution < 1.29 is 41.0 Å². The summed E-state index contributed by atoms with van der Waals surface area (Å²) < 4.78 is 82.9. The summed E-state index contributed by atoms with van der Waals surface area (Å²) in [5.41, 5.74) is -7.13. The molecule has 0 rings (SSSR count). The Kier molecular flexibility index (Phi) is 7.75. The standard InChI is InChI=1S/C19H32F6O3/c1-9-12(10-17(27,18(20,21)22)19(23,24)25)28-13(26)16(8,15(5,6)7)11-14(2,3)4/h12,27H,9-11H2,1-8H3. The summed E-state index contributed by atoms with van der Waals surface area (Å²) in [6.45, 7) is 13.7. The van der Waals surface area contributed by atoms with Gasteiger partial charge in [0.05, 0.1) is 5.41 Å². The Hall–Kier alpha value is -0.990. The minimum Gasteiger partial charge on any atom is -0.462 e. The summed E-state index contributed by atoms with van der Waals surface area (Å²) in [5, 5.41) is 9.41. The molecular formula is C19H32F6O3. The number of alkyl halides is 6. The first-order chi connectivity index (χ1) is 12.0. The highest BCUT2D eigenvalue weighted by molar-refractivity contribution is 5.77. The van der Waals surface area contributed by atoms with Crippen LogP contribution in [0.2, 0.25) is 0 Å². The second-order valence-electron chi connectivity index (χ2n) is 9.82. The maximum atomic E-state index is 13.0. The molecular weight excluding hydrogens is 390 g/mol. The van der Waals surface area contributed by atoms with E-state index >= 15 is 0 Å². The molecule has 0 amide bonds. The smallest absolute Gasteiger partial charge is 0.426 e. The zero-order valence-corrected chi connectivity index (χ0v) is 17.7. The fourth-order valence-corrected chi connectivity index (χ4v) is 2.98. The molecule has 2 atom stereocenters. The van der Waals surface area contributed by atoms with Crippen molar-refractivity contribution in [2.24, 2.45) is 16.2 Å². The lowest BCUT2D eigenvalue weighted by atomic mass is 9.61. The summed E-state index contributed by atoms with van der Waals surface area (Å²) in [6.07, 6.45) is -15.5. The fourth-order valence-electron chi connectivity index (χ4n) is 2.98. The minimum atomic E-state index is -5.95. The summed E-state index contributed by atoms with van der Waals surface area (Å²) in [5.74, 6) is -0.881. The molecule has 0 aromatic carbocycles. The van der Waals surface area contributed by atoms with Gasteiger partial charge in [-0.15, -0.1) is 0 Å². The molecule has 0 saturated carbocycles. The second kappa shape index (κ2) is 8.03. The van der Waals surface area contributed by atoms with E-state index in [-0.39, 0.29) is 11.8 Å². The van der Waals surface area contributed by atoms with Crippen molar-refractivity contribution in [1.82, 2.24) is 0 Å². The van der Waals surface area contributed by atoms with E-state index in [1.54, 1.807) is 27.7 Å². The van der Waals surface area contributed by atoms with Gasteiger partial charge in [0.15, 0.2) is 0 Å². The molecule has 0 heterocycles. The van der Waals surface area contributed by atoms with E-state index in [2.05, 4.69) is 0 Å². The minimum absolute atomic E-state index is 0.307. The highest BCUT2D eigenvalue weighted by atomic mass is 19.4. The van der Waals surface area contributed by atoms with Crippen LogP contribution in [0.5, 0.6) is 0 Å². The monoisotopic (exact) mass is 422 g/mol. The first-order valence-electron chi connectivity index (χ1n) is 9.09. The Morgan fingerprint density at radius 1 is 0.893 bits per heavy atom. The Morgan fingerprint density at radius 2 is 1.29 bits per heavy atom. The van der Waals surface area contributed by atoms with Crippen LogP contribution in [0.15, 0.2) is 0 Å². The van der Waals surface area contributed by atoms with E-state index in [4.69, 9.17) is 4.74 Å². The topological polar surface area (TPSA) is 46.5 Å².